The molecule has 0 aromatic carbocycles. The maximum atomic E-state index is 11.6. The standard InChI is InChI=1S/C10H11N3O6S/c1-20(17,18)9-3-2-7(19-9)4-11-13-5-8(15)12(6-14)10(13)16/h2-4,14H,5-6H2,1H3/b11-4+. The first kappa shape index (κ1) is 14.2. The number of hydrazone groups is 1. The molecule has 1 aromatic heterocycles. The Bertz CT molecular complexity index is 677. The summed E-state index contributed by atoms with van der Waals surface area (Å²) in [7, 11) is -3.46. The fourth-order valence-corrected chi connectivity index (χ4v) is 2.05. The highest BCUT2D eigenvalue weighted by Crippen LogP contribution is 2.13. The Labute approximate surface area is 114 Å². The molecular formula is C10H11N3O6S. The summed E-state index contributed by atoms with van der Waals surface area (Å²) in [6.45, 7) is -1.02. The van der Waals surface area contributed by atoms with Crippen LogP contribution < -0.4 is 0 Å². The number of furan rings is 1. The van der Waals surface area contributed by atoms with Crippen molar-refractivity contribution in [2.45, 2.75) is 5.09 Å². The fourth-order valence-electron chi connectivity index (χ4n) is 1.49. The molecule has 1 aromatic rings. The molecule has 9 nitrogen and oxygen atoms in total. The zero-order valence-electron chi connectivity index (χ0n) is 10.4. The smallest absolute Gasteiger partial charge is 0.349 e. The summed E-state index contributed by atoms with van der Waals surface area (Å²) in [6, 6.07) is 1.86. The number of sulfone groups is 1. The molecule has 1 aliphatic rings. The van der Waals surface area contributed by atoms with Gasteiger partial charge in [0.15, 0.2) is 0 Å². The van der Waals surface area contributed by atoms with E-state index in [0.717, 1.165) is 17.5 Å². The SMILES string of the molecule is CS(=O)(=O)c1ccc(/C=N/N2CC(=O)N(CO)C2=O)o1. The normalized spacial score (nSPS) is 16.7. The summed E-state index contributed by atoms with van der Waals surface area (Å²) in [5.41, 5.74) is 0. The lowest BCUT2D eigenvalue weighted by molar-refractivity contribution is -0.127. The Morgan fingerprint density at radius 3 is 2.65 bits per heavy atom. The highest BCUT2D eigenvalue weighted by molar-refractivity contribution is 7.90. The second-order valence-electron chi connectivity index (χ2n) is 3.98. The second kappa shape index (κ2) is 5.06. The van der Waals surface area contributed by atoms with Crippen molar-refractivity contribution >= 4 is 28.0 Å². The van der Waals surface area contributed by atoms with E-state index in [-0.39, 0.29) is 17.4 Å². The molecule has 0 unspecified atom stereocenters. The average Bonchev–Trinajstić information content (AvgIpc) is 2.92. The van der Waals surface area contributed by atoms with Crippen molar-refractivity contribution in [3.05, 3.63) is 17.9 Å². The van der Waals surface area contributed by atoms with Gasteiger partial charge in [-0.3, -0.25) is 4.79 Å². The van der Waals surface area contributed by atoms with Gasteiger partial charge in [-0.2, -0.15) is 5.10 Å². The van der Waals surface area contributed by atoms with Crippen molar-refractivity contribution in [3.63, 3.8) is 0 Å². The third-order valence-corrected chi connectivity index (χ3v) is 3.42. The van der Waals surface area contributed by atoms with E-state index in [2.05, 4.69) is 5.10 Å². The van der Waals surface area contributed by atoms with E-state index in [1.807, 2.05) is 0 Å². The molecule has 20 heavy (non-hydrogen) atoms. The molecular weight excluding hydrogens is 290 g/mol. The van der Waals surface area contributed by atoms with Gasteiger partial charge in [0.25, 0.3) is 5.91 Å². The zero-order valence-corrected chi connectivity index (χ0v) is 11.2. The van der Waals surface area contributed by atoms with E-state index in [4.69, 9.17) is 9.52 Å². The highest BCUT2D eigenvalue weighted by Gasteiger charge is 2.35. The minimum atomic E-state index is -3.46. The van der Waals surface area contributed by atoms with Crippen molar-refractivity contribution < 1.29 is 27.5 Å². The van der Waals surface area contributed by atoms with E-state index in [9.17, 15) is 18.0 Å². The zero-order chi connectivity index (χ0) is 14.9. The Balaban J connectivity index is 2.13. The molecule has 0 bridgehead atoms. The van der Waals surface area contributed by atoms with Gasteiger partial charge in [-0.15, -0.1) is 0 Å². The molecule has 3 amide bonds. The first-order valence-corrected chi connectivity index (χ1v) is 7.28. The summed E-state index contributed by atoms with van der Waals surface area (Å²) in [6.07, 6.45) is 2.11. The summed E-state index contributed by atoms with van der Waals surface area (Å²) in [4.78, 5) is 23.5. The molecule has 2 rings (SSSR count). The predicted octanol–water partition coefficient (Wildman–Crippen LogP) is -0.769. The Kier molecular flexibility index (Phi) is 3.59. The van der Waals surface area contributed by atoms with Crippen LogP contribution in [0, 0.1) is 0 Å². The molecule has 1 N–H and O–H groups in total. The molecule has 108 valence electrons. The topological polar surface area (TPSA) is 120 Å². The van der Waals surface area contributed by atoms with Gasteiger partial charge in [-0.1, -0.05) is 0 Å². The van der Waals surface area contributed by atoms with Crippen LogP contribution in [0.4, 0.5) is 4.79 Å². The van der Waals surface area contributed by atoms with Crippen LogP contribution in [0.2, 0.25) is 0 Å². The summed E-state index contributed by atoms with van der Waals surface area (Å²) >= 11 is 0. The number of hydrogen-bond acceptors (Lipinski definition) is 7. The average molecular weight is 301 g/mol. The lowest BCUT2D eigenvalue weighted by atomic mass is 10.5. The van der Waals surface area contributed by atoms with Gasteiger partial charge >= 0.3 is 6.03 Å². The van der Waals surface area contributed by atoms with E-state index in [1.165, 1.54) is 12.1 Å². The minimum Gasteiger partial charge on any atom is -0.444 e. The molecule has 1 saturated heterocycles. The number of imide groups is 1. The molecule has 0 saturated carbocycles. The number of amides is 3. The first-order chi connectivity index (χ1) is 9.32. The number of aliphatic hydroxyl groups excluding tert-OH is 1. The van der Waals surface area contributed by atoms with Crippen molar-refractivity contribution in [2.24, 2.45) is 5.10 Å². The number of aliphatic hydroxyl groups is 1. The molecule has 10 heteroatoms. The molecule has 0 aliphatic carbocycles. The minimum absolute atomic E-state index is 0.119. The van der Waals surface area contributed by atoms with Crippen LogP contribution in [-0.4, -0.2) is 61.1 Å². The van der Waals surface area contributed by atoms with Crippen LogP contribution >= 0.6 is 0 Å². The van der Waals surface area contributed by atoms with Crippen LogP contribution in [-0.2, 0) is 14.6 Å². The van der Waals surface area contributed by atoms with Crippen LogP contribution in [0.1, 0.15) is 5.76 Å². The Morgan fingerprint density at radius 2 is 2.15 bits per heavy atom. The number of nitrogens with zero attached hydrogens (tertiary/aromatic N) is 3. The number of rotatable bonds is 4. The largest absolute Gasteiger partial charge is 0.444 e. The lowest BCUT2D eigenvalue weighted by Crippen LogP contribution is -2.32. The summed E-state index contributed by atoms with van der Waals surface area (Å²) < 4.78 is 27.4. The number of urea groups is 1. The molecule has 1 aliphatic heterocycles. The lowest BCUT2D eigenvalue weighted by Gasteiger charge is -2.09. The third-order valence-electron chi connectivity index (χ3n) is 2.47. The molecule has 0 radical (unpaired) electrons. The van der Waals surface area contributed by atoms with Crippen LogP contribution in [0.5, 0.6) is 0 Å². The monoisotopic (exact) mass is 301 g/mol. The van der Waals surface area contributed by atoms with Crippen LogP contribution in [0.15, 0.2) is 26.7 Å². The van der Waals surface area contributed by atoms with Gasteiger partial charge in [0.1, 0.15) is 19.0 Å². The molecule has 0 atom stereocenters. The van der Waals surface area contributed by atoms with Gasteiger partial charge in [0, 0.05) is 6.26 Å². The van der Waals surface area contributed by atoms with Gasteiger partial charge in [-0.05, 0) is 12.1 Å². The van der Waals surface area contributed by atoms with Gasteiger partial charge in [0.05, 0.1) is 6.21 Å². The van der Waals surface area contributed by atoms with Gasteiger partial charge in [-0.25, -0.2) is 23.1 Å². The van der Waals surface area contributed by atoms with E-state index in [0.29, 0.717) is 4.90 Å². The van der Waals surface area contributed by atoms with Crippen LogP contribution in [0.3, 0.4) is 0 Å². The quantitative estimate of drug-likeness (QED) is 0.576. The third kappa shape index (κ3) is 2.70. The Hall–Kier alpha value is -2.20. The van der Waals surface area contributed by atoms with E-state index in [1.54, 1.807) is 0 Å². The maximum Gasteiger partial charge on any atom is 0.349 e. The van der Waals surface area contributed by atoms with Gasteiger partial charge in [0.2, 0.25) is 14.9 Å². The maximum absolute atomic E-state index is 11.6. The predicted molar refractivity (Wildman–Crippen MR) is 65.4 cm³/mol. The van der Waals surface area contributed by atoms with Crippen molar-refractivity contribution in [2.75, 3.05) is 19.5 Å². The Morgan fingerprint density at radius 1 is 1.45 bits per heavy atom. The number of carbonyl (C=O) groups is 2. The van der Waals surface area contributed by atoms with Crippen molar-refractivity contribution in [3.8, 4) is 0 Å². The fraction of sp³-hybridized carbons (Fsp3) is 0.300. The molecule has 0 spiro atoms. The molecule has 2 heterocycles. The second-order valence-corrected chi connectivity index (χ2v) is 5.92. The summed E-state index contributed by atoms with van der Waals surface area (Å²) in [5.74, 6) is -0.459. The van der Waals surface area contributed by atoms with Crippen molar-refractivity contribution in [1.29, 1.82) is 0 Å². The first-order valence-electron chi connectivity index (χ1n) is 5.39. The number of carbonyl (C=O) groups excluding carboxylic acids is 2. The molecule has 1 fully saturated rings. The van der Waals surface area contributed by atoms with Crippen LogP contribution in [0.25, 0.3) is 0 Å². The number of hydrogen-bond donors (Lipinski definition) is 1. The van der Waals surface area contributed by atoms with E-state index >= 15 is 0 Å². The summed E-state index contributed by atoms with van der Waals surface area (Å²) in [5, 5.41) is 13.2. The van der Waals surface area contributed by atoms with E-state index < -0.39 is 28.5 Å². The van der Waals surface area contributed by atoms with Gasteiger partial charge < -0.3 is 9.52 Å². The van der Waals surface area contributed by atoms with Crippen molar-refractivity contribution in [1.82, 2.24) is 9.91 Å². The highest BCUT2D eigenvalue weighted by atomic mass is 32.2.